The summed E-state index contributed by atoms with van der Waals surface area (Å²) in [5.74, 6) is 1.23. The number of aromatic hydroxyl groups is 1. The number of benzene rings is 4. The van der Waals surface area contributed by atoms with Gasteiger partial charge in [0, 0.05) is 12.1 Å². The van der Waals surface area contributed by atoms with E-state index in [2.05, 4.69) is 13.8 Å². The maximum atomic E-state index is 12.0. The van der Waals surface area contributed by atoms with E-state index in [9.17, 15) is 31.6 Å². The number of hydrogen-bond donors (Lipinski definition) is 2. The summed E-state index contributed by atoms with van der Waals surface area (Å²) < 4.78 is 76.4. The van der Waals surface area contributed by atoms with Crippen molar-refractivity contribution in [1.29, 1.82) is 0 Å². The molecular formula is C46H62CaO10S2. The second kappa shape index (κ2) is 28.6. The molecule has 4 aromatic carbocycles. The van der Waals surface area contributed by atoms with Crippen LogP contribution in [0, 0.1) is 0 Å². The molecular weight excluding hydrogens is 817 g/mol. The van der Waals surface area contributed by atoms with E-state index in [0.29, 0.717) is 11.5 Å². The Hall–Kier alpha value is -2.84. The van der Waals surface area contributed by atoms with Crippen LogP contribution in [0.1, 0.15) is 141 Å². The van der Waals surface area contributed by atoms with Gasteiger partial charge in [-0.25, -0.2) is 8.42 Å². The van der Waals surface area contributed by atoms with Crippen LogP contribution in [0.3, 0.4) is 0 Å². The first-order valence-corrected chi connectivity index (χ1v) is 23.7. The van der Waals surface area contributed by atoms with Gasteiger partial charge in [-0.1, -0.05) is 135 Å². The standard InChI is InChI=1S/2C23H32O5S.Ca/c2*1-2-3-4-5-6-7-8-9-10-12-19-15-20(24)17-22(16-19)28-21-13-11-14-23(18-21)29(25,26)27;/h2*11,13-18,24H,2-10,12H2,1H3,(H,25,26,27);/q;;+2/p-2. The first kappa shape index (κ1) is 52.3. The zero-order valence-electron chi connectivity index (χ0n) is 34.9. The molecule has 0 amide bonds. The Morgan fingerprint density at radius 3 is 1.37 bits per heavy atom. The maximum Gasteiger partial charge on any atom is 2.00 e. The zero-order valence-corrected chi connectivity index (χ0v) is 38.8. The van der Waals surface area contributed by atoms with Crippen LogP contribution in [0.2, 0.25) is 0 Å². The summed E-state index contributed by atoms with van der Waals surface area (Å²) in [5.41, 5.74) is 1.89. The first-order valence-electron chi connectivity index (χ1n) is 20.9. The topological polar surface area (TPSA) is 173 Å². The Bertz CT molecular complexity index is 1870. The van der Waals surface area contributed by atoms with Gasteiger partial charge in [0.05, 0.1) is 9.79 Å². The third-order valence-corrected chi connectivity index (χ3v) is 11.4. The van der Waals surface area contributed by atoms with Crippen LogP contribution >= 0.6 is 0 Å². The zero-order chi connectivity index (χ0) is 42.2. The maximum absolute atomic E-state index is 12.0. The Labute approximate surface area is 383 Å². The molecule has 10 nitrogen and oxygen atoms in total. The Morgan fingerprint density at radius 1 is 0.508 bits per heavy atom. The van der Waals surface area contributed by atoms with Crippen molar-refractivity contribution >= 4 is 58.0 Å². The van der Waals surface area contributed by atoms with Crippen LogP contribution in [-0.4, -0.2) is 68.8 Å². The monoisotopic (exact) mass is 878 g/mol. The normalized spacial score (nSPS) is 11.3. The summed E-state index contributed by atoms with van der Waals surface area (Å²) in [6.45, 7) is 4.45. The number of rotatable bonds is 26. The summed E-state index contributed by atoms with van der Waals surface area (Å²) in [6.07, 6.45) is 24.2. The largest absolute Gasteiger partial charge is 2.00 e. The van der Waals surface area contributed by atoms with Gasteiger partial charge < -0.3 is 24.2 Å². The fourth-order valence-corrected chi connectivity index (χ4v) is 7.65. The average Bonchev–Trinajstić information content (AvgIpc) is 3.16. The molecule has 0 saturated carbocycles. The molecule has 0 aliphatic heterocycles. The van der Waals surface area contributed by atoms with Gasteiger partial charge in [-0.3, -0.25) is 4.55 Å². The van der Waals surface area contributed by atoms with E-state index in [4.69, 9.17) is 14.0 Å². The quantitative estimate of drug-likeness (QED) is 0.0351. The number of unbranched alkanes of at least 4 members (excludes halogenated alkanes) is 16. The van der Waals surface area contributed by atoms with E-state index in [-0.39, 0.29) is 70.5 Å². The van der Waals surface area contributed by atoms with E-state index in [0.717, 1.165) is 49.7 Å². The fraction of sp³-hybridized carbons (Fsp3) is 0.478. The molecule has 320 valence electrons. The van der Waals surface area contributed by atoms with E-state index in [1.807, 2.05) is 6.07 Å². The van der Waals surface area contributed by atoms with Crippen LogP contribution in [0.4, 0.5) is 0 Å². The smallest absolute Gasteiger partial charge is 0.872 e. The third kappa shape index (κ3) is 22.5. The van der Waals surface area contributed by atoms with Crippen LogP contribution in [0.5, 0.6) is 34.5 Å². The molecule has 0 aromatic heterocycles. The molecule has 0 atom stereocenters. The number of ether oxygens (including phenoxy) is 2. The summed E-state index contributed by atoms with van der Waals surface area (Å²) in [7, 11) is -8.84. The average molecular weight is 879 g/mol. The van der Waals surface area contributed by atoms with Gasteiger partial charge in [0.1, 0.15) is 38.9 Å². The molecule has 13 heteroatoms. The van der Waals surface area contributed by atoms with Gasteiger partial charge in [-0.15, -0.1) is 5.75 Å². The predicted octanol–water partition coefficient (Wildman–Crippen LogP) is 11.7. The number of hydrogen-bond acceptors (Lipinski definition) is 9. The van der Waals surface area contributed by atoms with E-state index in [1.54, 1.807) is 30.3 Å². The van der Waals surface area contributed by atoms with Crippen molar-refractivity contribution in [1.82, 2.24) is 0 Å². The van der Waals surface area contributed by atoms with Crippen molar-refractivity contribution in [2.75, 3.05) is 0 Å². The predicted molar refractivity (Wildman–Crippen MR) is 232 cm³/mol. The second-order valence-corrected chi connectivity index (χ2v) is 17.7. The second-order valence-electron chi connectivity index (χ2n) is 14.9. The van der Waals surface area contributed by atoms with Crippen LogP contribution in [-0.2, 0) is 33.1 Å². The molecule has 0 unspecified atom stereocenters. The van der Waals surface area contributed by atoms with Crippen LogP contribution in [0.25, 0.3) is 0 Å². The molecule has 0 aliphatic rings. The molecule has 0 fully saturated rings. The van der Waals surface area contributed by atoms with Gasteiger partial charge in [-0.05, 0) is 91.4 Å². The van der Waals surface area contributed by atoms with Crippen molar-refractivity contribution in [2.45, 2.75) is 152 Å². The van der Waals surface area contributed by atoms with Gasteiger partial charge in [0.25, 0.3) is 10.1 Å². The minimum absolute atomic E-state index is 0. The number of aryl methyl sites for hydroxylation is 2. The Morgan fingerprint density at radius 2 is 0.915 bits per heavy atom. The molecule has 0 heterocycles. The third-order valence-electron chi connectivity index (χ3n) is 9.70. The summed E-state index contributed by atoms with van der Waals surface area (Å²) in [6, 6.07) is 20.8. The Balaban J connectivity index is 0.000000400. The van der Waals surface area contributed by atoms with Crippen LogP contribution < -0.4 is 14.6 Å². The van der Waals surface area contributed by atoms with Crippen molar-refractivity contribution in [3.63, 3.8) is 0 Å². The van der Waals surface area contributed by atoms with Crippen molar-refractivity contribution in [3.05, 3.63) is 96.1 Å². The molecule has 0 bridgehead atoms. The van der Waals surface area contributed by atoms with Gasteiger partial charge >= 0.3 is 37.7 Å². The van der Waals surface area contributed by atoms with Crippen molar-refractivity contribution in [3.8, 4) is 34.5 Å². The van der Waals surface area contributed by atoms with Crippen LogP contribution in [0.15, 0.2) is 94.7 Å². The number of phenols is 1. The van der Waals surface area contributed by atoms with Gasteiger partial charge in [-0.2, -0.15) is 8.42 Å². The molecule has 0 spiro atoms. The van der Waals surface area contributed by atoms with E-state index < -0.39 is 20.2 Å². The Kier molecular flexibility index (Phi) is 25.4. The number of phenolic OH excluding ortho intramolecular Hbond substituents is 1. The molecule has 4 rings (SSSR count). The van der Waals surface area contributed by atoms with Gasteiger partial charge in [0.2, 0.25) is 0 Å². The molecule has 2 N–H and O–H groups in total. The molecule has 0 radical (unpaired) electrons. The summed E-state index contributed by atoms with van der Waals surface area (Å²) >= 11 is 0. The van der Waals surface area contributed by atoms with Gasteiger partial charge in [0.15, 0.2) is 0 Å². The summed E-state index contributed by atoms with van der Waals surface area (Å²) in [4.78, 5) is -0.590. The van der Waals surface area contributed by atoms with E-state index in [1.165, 1.54) is 138 Å². The summed E-state index contributed by atoms with van der Waals surface area (Å²) in [5, 5.41) is 21.9. The minimum atomic E-state index is -4.55. The minimum Gasteiger partial charge on any atom is -0.872 e. The molecule has 0 saturated heterocycles. The van der Waals surface area contributed by atoms with E-state index >= 15 is 0 Å². The SMILES string of the molecule is CCCCCCCCCCCc1cc(O)cc(Oc2cccc(S(=O)(=O)O)c2)c1.CCCCCCCCCCCc1cc([O-])cc(Oc2cccc(S(=O)(=O)[O-])c2)c1.[Ca+2]. The first-order chi connectivity index (χ1) is 27.8. The fourth-order valence-electron chi connectivity index (χ4n) is 6.62. The molecule has 0 aliphatic carbocycles. The van der Waals surface area contributed by atoms with Crippen molar-refractivity contribution < 1.29 is 45.6 Å². The molecule has 4 aromatic rings. The molecule has 59 heavy (non-hydrogen) atoms. The van der Waals surface area contributed by atoms with Crippen molar-refractivity contribution in [2.24, 2.45) is 0 Å².